The minimum Gasteiger partial charge on any atom is -0.378 e. The maximum atomic E-state index is 12.5. The van der Waals surface area contributed by atoms with E-state index in [1.165, 1.54) is 12.8 Å². The Hall–Kier alpha value is -0.610. The van der Waals surface area contributed by atoms with Crippen LogP contribution in [0, 0.1) is 16.7 Å². The molecule has 0 bridgehead atoms. The fourth-order valence-electron chi connectivity index (χ4n) is 3.35. The van der Waals surface area contributed by atoms with Gasteiger partial charge >= 0.3 is 0 Å². The molecule has 2 aliphatic rings. The average Bonchev–Trinajstić information content (AvgIpc) is 3.16. The predicted molar refractivity (Wildman–Crippen MR) is 80.2 cm³/mol. The van der Waals surface area contributed by atoms with Gasteiger partial charge in [0.15, 0.2) is 0 Å². The molecule has 20 heavy (non-hydrogen) atoms. The van der Waals surface area contributed by atoms with E-state index in [9.17, 15) is 4.79 Å². The van der Waals surface area contributed by atoms with Crippen molar-refractivity contribution < 1.29 is 9.53 Å². The van der Waals surface area contributed by atoms with Crippen LogP contribution in [0.2, 0.25) is 0 Å². The molecule has 2 fully saturated rings. The number of rotatable bonds is 6. The molecule has 0 aromatic heterocycles. The van der Waals surface area contributed by atoms with E-state index in [-0.39, 0.29) is 17.4 Å². The van der Waals surface area contributed by atoms with E-state index >= 15 is 0 Å². The van der Waals surface area contributed by atoms with Crippen molar-refractivity contribution in [3.05, 3.63) is 0 Å². The lowest BCUT2D eigenvalue weighted by molar-refractivity contribution is -0.170. The number of amides is 1. The fraction of sp³-hybridized carbons (Fsp3) is 0.938. The largest absolute Gasteiger partial charge is 0.378 e. The van der Waals surface area contributed by atoms with Crippen LogP contribution in [-0.2, 0) is 9.53 Å². The highest BCUT2D eigenvalue weighted by Gasteiger charge is 2.63. The molecule has 0 spiro atoms. The summed E-state index contributed by atoms with van der Waals surface area (Å²) in [6, 6.07) is 0. The topological polar surface area (TPSA) is 64.3 Å². The summed E-state index contributed by atoms with van der Waals surface area (Å²) >= 11 is 0. The second-order valence-electron chi connectivity index (χ2n) is 7.54. The van der Waals surface area contributed by atoms with Crippen molar-refractivity contribution in [3.8, 4) is 0 Å². The normalized spacial score (nSPS) is 33.6. The van der Waals surface area contributed by atoms with E-state index in [0.29, 0.717) is 24.4 Å². The summed E-state index contributed by atoms with van der Waals surface area (Å²) in [4.78, 5) is 12.5. The monoisotopic (exact) mass is 282 g/mol. The maximum Gasteiger partial charge on any atom is 0.240 e. The van der Waals surface area contributed by atoms with Gasteiger partial charge in [-0.25, -0.2) is 0 Å². The Morgan fingerprint density at radius 1 is 1.40 bits per heavy atom. The molecule has 1 amide bonds. The molecule has 2 unspecified atom stereocenters. The summed E-state index contributed by atoms with van der Waals surface area (Å²) in [5, 5.41) is 3.11. The van der Waals surface area contributed by atoms with Gasteiger partial charge in [-0.15, -0.1) is 0 Å². The summed E-state index contributed by atoms with van der Waals surface area (Å²) in [7, 11) is 0. The van der Waals surface area contributed by atoms with Crippen LogP contribution in [-0.4, -0.2) is 30.7 Å². The molecular formula is C16H30N2O2. The van der Waals surface area contributed by atoms with E-state index in [4.69, 9.17) is 10.5 Å². The minimum absolute atomic E-state index is 0.00891. The van der Waals surface area contributed by atoms with Crippen LogP contribution in [0.1, 0.15) is 53.9 Å². The lowest BCUT2D eigenvalue weighted by Gasteiger charge is -2.57. The van der Waals surface area contributed by atoms with E-state index in [2.05, 4.69) is 19.2 Å². The van der Waals surface area contributed by atoms with Crippen molar-refractivity contribution in [1.29, 1.82) is 0 Å². The third-order valence-electron chi connectivity index (χ3n) is 5.95. The summed E-state index contributed by atoms with van der Waals surface area (Å²) in [5.74, 6) is 0.604. The van der Waals surface area contributed by atoms with Crippen LogP contribution in [0.5, 0.6) is 0 Å². The second kappa shape index (κ2) is 4.99. The zero-order valence-corrected chi connectivity index (χ0v) is 13.6. The standard InChI is InChI=1S/C16H30N2O2/c1-6-20-12-9-16(17,14(12,4)5)13(19)18-10-15(7-8-15)11(2)3/h11-12H,6-10,17H2,1-5H3,(H,18,19). The Kier molecular flexibility index (Phi) is 3.93. The first-order valence-electron chi connectivity index (χ1n) is 7.88. The van der Waals surface area contributed by atoms with Crippen molar-refractivity contribution >= 4 is 5.91 Å². The lowest BCUT2D eigenvalue weighted by Crippen LogP contribution is -2.76. The highest BCUT2D eigenvalue weighted by molar-refractivity contribution is 5.88. The van der Waals surface area contributed by atoms with E-state index in [1.54, 1.807) is 0 Å². The molecule has 0 aliphatic heterocycles. The zero-order chi connectivity index (χ0) is 15.2. The first kappa shape index (κ1) is 15.8. The zero-order valence-electron chi connectivity index (χ0n) is 13.6. The van der Waals surface area contributed by atoms with E-state index < -0.39 is 5.54 Å². The van der Waals surface area contributed by atoms with Gasteiger partial charge in [0.05, 0.1) is 6.10 Å². The average molecular weight is 282 g/mol. The van der Waals surface area contributed by atoms with Crippen LogP contribution >= 0.6 is 0 Å². The molecule has 0 aromatic rings. The maximum absolute atomic E-state index is 12.5. The smallest absolute Gasteiger partial charge is 0.240 e. The van der Waals surface area contributed by atoms with E-state index in [0.717, 1.165) is 6.54 Å². The Morgan fingerprint density at radius 2 is 2.00 bits per heavy atom. The van der Waals surface area contributed by atoms with Crippen LogP contribution in [0.15, 0.2) is 0 Å². The van der Waals surface area contributed by atoms with Gasteiger partial charge in [-0.2, -0.15) is 0 Å². The number of ether oxygens (including phenoxy) is 1. The van der Waals surface area contributed by atoms with Gasteiger partial charge in [0, 0.05) is 25.0 Å². The first-order valence-corrected chi connectivity index (χ1v) is 7.88. The molecule has 2 saturated carbocycles. The molecule has 4 heteroatoms. The summed E-state index contributed by atoms with van der Waals surface area (Å²) in [6.07, 6.45) is 3.14. The van der Waals surface area contributed by atoms with Crippen molar-refractivity contribution in [2.24, 2.45) is 22.5 Å². The number of carbonyl (C=O) groups excluding carboxylic acids is 1. The highest BCUT2D eigenvalue weighted by Crippen LogP contribution is 2.52. The third kappa shape index (κ3) is 2.27. The first-order chi connectivity index (χ1) is 9.19. The Balaban J connectivity index is 1.93. The van der Waals surface area contributed by atoms with Crippen LogP contribution < -0.4 is 11.1 Å². The summed E-state index contributed by atoms with van der Waals surface area (Å²) in [6.45, 7) is 11.9. The van der Waals surface area contributed by atoms with Gasteiger partial charge < -0.3 is 15.8 Å². The van der Waals surface area contributed by atoms with Gasteiger partial charge in [0.25, 0.3) is 0 Å². The Morgan fingerprint density at radius 3 is 2.40 bits per heavy atom. The fourth-order valence-corrected chi connectivity index (χ4v) is 3.35. The lowest BCUT2D eigenvalue weighted by atomic mass is 9.54. The Bertz CT molecular complexity index is 388. The summed E-state index contributed by atoms with van der Waals surface area (Å²) < 4.78 is 5.67. The molecule has 2 atom stereocenters. The van der Waals surface area contributed by atoms with Gasteiger partial charge in [0.2, 0.25) is 5.91 Å². The van der Waals surface area contributed by atoms with Gasteiger partial charge in [-0.3, -0.25) is 4.79 Å². The van der Waals surface area contributed by atoms with Crippen molar-refractivity contribution in [2.75, 3.05) is 13.2 Å². The SMILES string of the molecule is CCOC1CC(N)(C(=O)NCC2(C(C)C)CC2)C1(C)C. The van der Waals surface area contributed by atoms with E-state index in [1.807, 2.05) is 20.8 Å². The number of hydrogen-bond acceptors (Lipinski definition) is 3. The molecule has 4 nitrogen and oxygen atoms in total. The number of nitrogens with one attached hydrogen (secondary N) is 1. The molecule has 116 valence electrons. The minimum atomic E-state index is -0.792. The van der Waals surface area contributed by atoms with Crippen molar-refractivity contribution in [2.45, 2.75) is 65.5 Å². The van der Waals surface area contributed by atoms with Gasteiger partial charge in [-0.05, 0) is 31.1 Å². The molecule has 0 heterocycles. The van der Waals surface area contributed by atoms with Crippen LogP contribution in [0.25, 0.3) is 0 Å². The van der Waals surface area contributed by atoms with Gasteiger partial charge in [0.1, 0.15) is 5.54 Å². The highest BCUT2D eigenvalue weighted by atomic mass is 16.5. The molecule has 2 aliphatic carbocycles. The Labute approximate surface area is 122 Å². The molecule has 2 rings (SSSR count). The third-order valence-corrected chi connectivity index (χ3v) is 5.95. The molecule has 0 aromatic carbocycles. The predicted octanol–water partition coefficient (Wildman–Crippen LogP) is 2.07. The van der Waals surface area contributed by atoms with Crippen molar-refractivity contribution in [3.63, 3.8) is 0 Å². The second-order valence-corrected chi connectivity index (χ2v) is 7.54. The van der Waals surface area contributed by atoms with Crippen LogP contribution in [0.4, 0.5) is 0 Å². The van der Waals surface area contributed by atoms with Crippen LogP contribution in [0.3, 0.4) is 0 Å². The van der Waals surface area contributed by atoms with Gasteiger partial charge in [-0.1, -0.05) is 27.7 Å². The molecule has 0 saturated heterocycles. The quantitative estimate of drug-likeness (QED) is 0.784. The number of carbonyl (C=O) groups is 1. The number of hydrogen-bond donors (Lipinski definition) is 2. The number of nitrogens with two attached hydrogens (primary N) is 1. The molecule has 3 N–H and O–H groups in total. The molecule has 0 radical (unpaired) electrons. The molecular weight excluding hydrogens is 252 g/mol. The summed E-state index contributed by atoms with van der Waals surface area (Å²) in [5.41, 5.74) is 5.60. The van der Waals surface area contributed by atoms with Crippen molar-refractivity contribution in [1.82, 2.24) is 5.32 Å².